The minimum absolute atomic E-state index is 0.206. The van der Waals surface area contributed by atoms with Crippen molar-refractivity contribution >= 4 is 17.6 Å². The van der Waals surface area contributed by atoms with Crippen molar-refractivity contribution in [3.8, 4) is 0 Å². The van der Waals surface area contributed by atoms with Crippen molar-refractivity contribution in [2.45, 2.75) is 12.6 Å². The fourth-order valence-electron chi connectivity index (χ4n) is 2.21. The molecule has 0 saturated carbocycles. The molecule has 1 heterocycles. The molecule has 1 aliphatic rings. The number of hydrogen-bond acceptors (Lipinski definition) is 3. The quantitative estimate of drug-likeness (QED) is 0.651. The van der Waals surface area contributed by atoms with Gasteiger partial charge in [0.2, 0.25) is 0 Å². The van der Waals surface area contributed by atoms with Crippen LogP contribution in [-0.4, -0.2) is 57.3 Å². The Kier molecular flexibility index (Phi) is 6.29. The van der Waals surface area contributed by atoms with Gasteiger partial charge in [-0.1, -0.05) is 23.7 Å². The molecule has 6 heteroatoms. The number of rotatable bonds is 4. The summed E-state index contributed by atoms with van der Waals surface area (Å²) in [5.41, 5.74) is 1.16. The van der Waals surface area contributed by atoms with Crippen LogP contribution in [0.15, 0.2) is 29.3 Å². The number of morpholine rings is 1. The second kappa shape index (κ2) is 8.22. The summed E-state index contributed by atoms with van der Waals surface area (Å²) in [7, 11) is 3.88. The summed E-state index contributed by atoms with van der Waals surface area (Å²) in [6, 6.07) is 7.78. The van der Waals surface area contributed by atoms with E-state index in [1.165, 1.54) is 0 Å². The van der Waals surface area contributed by atoms with Crippen molar-refractivity contribution in [1.29, 1.82) is 0 Å². The maximum absolute atomic E-state index is 5.87. The second-order valence-electron chi connectivity index (χ2n) is 5.19. The molecule has 5 nitrogen and oxygen atoms in total. The zero-order valence-corrected chi connectivity index (χ0v) is 13.4. The van der Waals surface area contributed by atoms with Gasteiger partial charge in [0.25, 0.3) is 0 Å². The summed E-state index contributed by atoms with van der Waals surface area (Å²) in [5, 5.41) is 7.33. The maximum Gasteiger partial charge on any atom is 0.191 e. The molecule has 1 aliphatic heterocycles. The predicted octanol–water partition coefficient (Wildman–Crippen LogP) is 1.34. The Morgan fingerprint density at radius 2 is 2.14 bits per heavy atom. The van der Waals surface area contributed by atoms with Gasteiger partial charge in [0, 0.05) is 38.2 Å². The number of halogens is 1. The summed E-state index contributed by atoms with van der Waals surface area (Å²) in [5.74, 6) is 0.779. The number of nitrogens with one attached hydrogen (secondary N) is 2. The van der Waals surface area contributed by atoms with E-state index >= 15 is 0 Å². The van der Waals surface area contributed by atoms with Crippen LogP contribution in [0.3, 0.4) is 0 Å². The fourth-order valence-corrected chi connectivity index (χ4v) is 2.34. The van der Waals surface area contributed by atoms with Crippen LogP contribution < -0.4 is 10.6 Å². The highest BCUT2D eigenvalue weighted by Crippen LogP contribution is 2.09. The Balaban J connectivity index is 1.74. The molecule has 1 unspecified atom stereocenters. The Morgan fingerprint density at radius 3 is 2.81 bits per heavy atom. The molecule has 116 valence electrons. The zero-order chi connectivity index (χ0) is 15.1. The molecule has 1 fully saturated rings. The molecule has 1 aromatic carbocycles. The highest BCUT2D eigenvalue weighted by Gasteiger charge is 2.17. The predicted molar refractivity (Wildman–Crippen MR) is 86.9 cm³/mol. The highest BCUT2D eigenvalue weighted by molar-refractivity contribution is 6.30. The van der Waals surface area contributed by atoms with Gasteiger partial charge in [0.05, 0.1) is 12.7 Å². The molecule has 0 bridgehead atoms. The van der Waals surface area contributed by atoms with E-state index < -0.39 is 0 Å². The Labute approximate surface area is 131 Å². The zero-order valence-electron chi connectivity index (χ0n) is 12.6. The Morgan fingerprint density at radius 1 is 1.38 bits per heavy atom. The van der Waals surface area contributed by atoms with E-state index in [2.05, 4.69) is 27.6 Å². The monoisotopic (exact) mass is 310 g/mol. The van der Waals surface area contributed by atoms with Crippen LogP contribution in [0.2, 0.25) is 5.02 Å². The number of likely N-dealkylation sites (N-methyl/N-ethyl adjacent to an activating group) is 1. The van der Waals surface area contributed by atoms with Crippen LogP contribution in [0.25, 0.3) is 0 Å². The van der Waals surface area contributed by atoms with E-state index in [0.29, 0.717) is 6.54 Å². The molecule has 1 aromatic rings. The van der Waals surface area contributed by atoms with Crippen LogP contribution in [-0.2, 0) is 11.3 Å². The van der Waals surface area contributed by atoms with Crippen molar-refractivity contribution in [2.75, 3.05) is 40.3 Å². The average molecular weight is 311 g/mol. The lowest BCUT2D eigenvalue weighted by Gasteiger charge is -2.30. The van der Waals surface area contributed by atoms with Gasteiger partial charge in [-0.25, -0.2) is 0 Å². The Bertz CT molecular complexity index is 463. The smallest absolute Gasteiger partial charge is 0.191 e. The summed E-state index contributed by atoms with van der Waals surface area (Å²) in [6.07, 6.45) is 0.206. The van der Waals surface area contributed by atoms with Crippen LogP contribution in [0.5, 0.6) is 0 Å². The third-order valence-electron chi connectivity index (χ3n) is 3.44. The van der Waals surface area contributed by atoms with Gasteiger partial charge in [-0.2, -0.15) is 0 Å². The van der Waals surface area contributed by atoms with E-state index in [1.54, 1.807) is 7.05 Å². The standard InChI is InChI=1S/C15H23ClN4O/c1-17-15(18-9-12-3-5-13(16)6-4-12)19-10-14-11-20(2)7-8-21-14/h3-6,14H,7-11H2,1-2H3,(H2,17,18,19). The SMILES string of the molecule is CN=C(NCc1ccc(Cl)cc1)NCC1CN(C)CCO1. The molecule has 1 atom stereocenters. The molecule has 2 rings (SSSR count). The first-order valence-corrected chi connectivity index (χ1v) is 7.54. The number of guanidine groups is 1. The molecule has 2 N–H and O–H groups in total. The van der Waals surface area contributed by atoms with E-state index in [9.17, 15) is 0 Å². The number of aliphatic imine (C=N–C) groups is 1. The third-order valence-corrected chi connectivity index (χ3v) is 3.69. The number of benzene rings is 1. The summed E-state index contributed by atoms with van der Waals surface area (Å²) in [6.45, 7) is 4.20. The lowest BCUT2D eigenvalue weighted by molar-refractivity contribution is -0.0161. The van der Waals surface area contributed by atoms with Gasteiger partial charge in [0.1, 0.15) is 0 Å². The Hall–Kier alpha value is -1.30. The lowest BCUT2D eigenvalue weighted by Crippen LogP contribution is -2.48. The van der Waals surface area contributed by atoms with Gasteiger partial charge in [-0.05, 0) is 24.7 Å². The van der Waals surface area contributed by atoms with Crippen LogP contribution >= 0.6 is 11.6 Å². The first-order valence-electron chi connectivity index (χ1n) is 7.16. The maximum atomic E-state index is 5.87. The van der Waals surface area contributed by atoms with Crippen LogP contribution in [0, 0.1) is 0 Å². The van der Waals surface area contributed by atoms with E-state index in [4.69, 9.17) is 16.3 Å². The molecule has 21 heavy (non-hydrogen) atoms. The topological polar surface area (TPSA) is 48.9 Å². The van der Waals surface area contributed by atoms with E-state index in [0.717, 1.165) is 42.8 Å². The highest BCUT2D eigenvalue weighted by atomic mass is 35.5. The van der Waals surface area contributed by atoms with Crippen molar-refractivity contribution in [3.05, 3.63) is 34.9 Å². The summed E-state index contributed by atoms with van der Waals surface area (Å²) in [4.78, 5) is 6.50. The molecule has 0 amide bonds. The van der Waals surface area contributed by atoms with E-state index in [1.807, 2.05) is 24.3 Å². The normalized spacial score (nSPS) is 20.3. The second-order valence-corrected chi connectivity index (χ2v) is 5.62. The van der Waals surface area contributed by atoms with E-state index in [-0.39, 0.29) is 6.10 Å². The van der Waals surface area contributed by atoms with Crippen molar-refractivity contribution in [1.82, 2.24) is 15.5 Å². The van der Waals surface area contributed by atoms with Gasteiger partial charge in [0.15, 0.2) is 5.96 Å². The number of hydrogen-bond donors (Lipinski definition) is 2. The van der Waals surface area contributed by atoms with Gasteiger partial charge >= 0.3 is 0 Å². The van der Waals surface area contributed by atoms with Crippen molar-refractivity contribution < 1.29 is 4.74 Å². The van der Waals surface area contributed by atoms with Gasteiger partial charge < -0.3 is 20.3 Å². The van der Waals surface area contributed by atoms with Gasteiger partial charge in [-0.15, -0.1) is 0 Å². The minimum atomic E-state index is 0.206. The molecule has 0 radical (unpaired) electrons. The molecule has 0 aliphatic carbocycles. The van der Waals surface area contributed by atoms with Crippen LogP contribution in [0.1, 0.15) is 5.56 Å². The number of nitrogens with zero attached hydrogens (tertiary/aromatic N) is 2. The van der Waals surface area contributed by atoms with Crippen molar-refractivity contribution in [2.24, 2.45) is 4.99 Å². The summed E-state index contributed by atoms with van der Waals surface area (Å²) >= 11 is 5.87. The lowest BCUT2D eigenvalue weighted by atomic mass is 10.2. The van der Waals surface area contributed by atoms with Gasteiger partial charge in [-0.3, -0.25) is 4.99 Å². The average Bonchev–Trinajstić information content (AvgIpc) is 2.49. The molecule has 0 spiro atoms. The first kappa shape index (κ1) is 16.1. The summed E-state index contributed by atoms with van der Waals surface area (Å²) < 4.78 is 5.72. The van der Waals surface area contributed by atoms with Crippen LogP contribution in [0.4, 0.5) is 0 Å². The molecular weight excluding hydrogens is 288 g/mol. The molecular formula is C15H23ClN4O. The minimum Gasteiger partial charge on any atom is -0.374 e. The fraction of sp³-hybridized carbons (Fsp3) is 0.533. The molecule has 0 aromatic heterocycles. The van der Waals surface area contributed by atoms with Crippen molar-refractivity contribution in [3.63, 3.8) is 0 Å². The largest absolute Gasteiger partial charge is 0.374 e. The molecule has 1 saturated heterocycles. The third kappa shape index (κ3) is 5.53. The number of ether oxygens (including phenoxy) is 1. The first-order chi connectivity index (χ1) is 10.2.